The molecular formula is C26H22ClN3O3S. The van der Waals surface area contributed by atoms with Crippen molar-refractivity contribution in [3.8, 4) is 5.75 Å². The SMILES string of the molecule is COc1ccc(C2=NN(S(=O)(=O)c3ccccc3)[C@@H](c3cc4ccc(C)cc4nc3Cl)C2)cc1. The van der Waals surface area contributed by atoms with E-state index in [2.05, 4.69) is 10.1 Å². The van der Waals surface area contributed by atoms with Crippen molar-refractivity contribution in [2.24, 2.45) is 5.10 Å². The molecule has 0 bridgehead atoms. The number of methoxy groups -OCH3 is 1. The lowest BCUT2D eigenvalue weighted by Crippen LogP contribution is -2.27. The molecule has 1 aliphatic rings. The highest BCUT2D eigenvalue weighted by molar-refractivity contribution is 7.89. The van der Waals surface area contributed by atoms with Crippen molar-refractivity contribution < 1.29 is 13.2 Å². The molecule has 172 valence electrons. The maximum Gasteiger partial charge on any atom is 0.279 e. The van der Waals surface area contributed by atoms with Crippen LogP contribution in [0.15, 0.2) is 88.9 Å². The number of ether oxygens (including phenoxy) is 1. The molecule has 0 saturated heterocycles. The molecule has 3 aromatic carbocycles. The molecule has 1 aromatic heterocycles. The van der Waals surface area contributed by atoms with Crippen molar-refractivity contribution >= 4 is 38.2 Å². The summed E-state index contributed by atoms with van der Waals surface area (Å²) in [4.78, 5) is 4.73. The van der Waals surface area contributed by atoms with Crippen molar-refractivity contribution in [2.75, 3.05) is 7.11 Å². The van der Waals surface area contributed by atoms with Crippen LogP contribution in [0, 0.1) is 6.92 Å². The van der Waals surface area contributed by atoms with Gasteiger partial charge in [-0.1, -0.05) is 41.9 Å². The Morgan fingerprint density at radius 2 is 1.74 bits per heavy atom. The van der Waals surface area contributed by atoms with Gasteiger partial charge in [-0.3, -0.25) is 0 Å². The second kappa shape index (κ2) is 8.74. The van der Waals surface area contributed by atoms with Gasteiger partial charge in [0.2, 0.25) is 0 Å². The molecule has 6 nitrogen and oxygen atoms in total. The molecule has 5 rings (SSSR count). The lowest BCUT2D eigenvalue weighted by atomic mass is 9.99. The van der Waals surface area contributed by atoms with Crippen LogP contribution in [0.1, 0.15) is 29.2 Å². The van der Waals surface area contributed by atoms with Gasteiger partial charge in [0.15, 0.2) is 0 Å². The Bertz CT molecular complexity index is 1500. The zero-order valence-electron chi connectivity index (χ0n) is 18.6. The number of nitrogens with zero attached hydrogens (tertiary/aromatic N) is 3. The van der Waals surface area contributed by atoms with Crippen molar-refractivity contribution in [1.29, 1.82) is 0 Å². The van der Waals surface area contributed by atoms with Crippen LogP contribution in [-0.2, 0) is 10.0 Å². The number of aromatic nitrogens is 1. The van der Waals surface area contributed by atoms with Crippen molar-refractivity contribution in [3.63, 3.8) is 0 Å². The van der Waals surface area contributed by atoms with Crippen molar-refractivity contribution in [3.05, 3.63) is 101 Å². The molecule has 0 radical (unpaired) electrons. The van der Waals surface area contributed by atoms with E-state index in [9.17, 15) is 8.42 Å². The Kier molecular flexibility index (Phi) is 5.75. The molecule has 1 aliphatic heterocycles. The molecule has 0 saturated carbocycles. The summed E-state index contributed by atoms with van der Waals surface area (Å²) in [6, 6.07) is 22.9. The molecule has 0 fully saturated rings. The van der Waals surface area contributed by atoms with E-state index < -0.39 is 16.1 Å². The fourth-order valence-electron chi connectivity index (χ4n) is 4.10. The van der Waals surface area contributed by atoms with E-state index in [1.807, 2.05) is 55.5 Å². The average Bonchev–Trinajstić information content (AvgIpc) is 3.30. The average molecular weight is 492 g/mol. The van der Waals surface area contributed by atoms with E-state index in [0.29, 0.717) is 23.4 Å². The molecule has 4 aromatic rings. The molecule has 0 amide bonds. The summed E-state index contributed by atoms with van der Waals surface area (Å²) < 4.78 is 33.7. The minimum atomic E-state index is -3.93. The summed E-state index contributed by atoms with van der Waals surface area (Å²) in [5, 5.41) is 5.74. The van der Waals surface area contributed by atoms with E-state index in [1.165, 1.54) is 4.41 Å². The number of benzene rings is 3. The van der Waals surface area contributed by atoms with Crippen LogP contribution < -0.4 is 4.74 Å². The Hall–Kier alpha value is -3.42. The van der Waals surface area contributed by atoms with Crippen LogP contribution in [0.2, 0.25) is 5.15 Å². The molecule has 8 heteroatoms. The van der Waals surface area contributed by atoms with E-state index in [-0.39, 0.29) is 10.0 Å². The Balaban J connectivity index is 1.64. The molecule has 34 heavy (non-hydrogen) atoms. The zero-order valence-corrected chi connectivity index (χ0v) is 20.2. The predicted octanol–water partition coefficient (Wildman–Crippen LogP) is 5.75. The Labute approximate surface area is 203 Å². The minimum Gasteiger partial charge on any atom is -0.497 e. The van der Waals surface area contributed by atoms with Gasteiger partial charge in [-0.05, 0) is 66.6 Å². The smallest absolute Gasteiger partial charge is 0.279 e. The van der Waals surface area contributed by atoms with Gasteiger partial charge in [0.25, 0.3) is 10.0 Å². The summed E-state index contributed by atoms with van der Waals surface area (Å²) >= 11 is 6.63. The number of hydrogen-bond donors (Lipinski definition) is 0. The topological polar surface area (TPSA) is 71.9 Å². The zero-order chi connectivity index (χ0) is 23.9. The van der Waals surface area contributed by atoms with Crippen LogP contribution in [0.4, 0.5) is 0 Å². The first-order chi connectivity index (χ1) is 16.4. The monoisotopic (exact) mass is 491 g/mol. The Morgan fingerprint density at radius 1 is 1.00 bits per heavy atom. The minimum absolute atomic E-state index is 0.167. The highest BCUT2D eigenvalue weighted by Gasteiger charge is 2.39. The highest BCUT2D eigenvalue weighted by atomic mass is 35.5. The van der Waals surface area contributed by atoms with Crippen molar-refractivity contribution in [2.45, 2.75) is 24.3 Å². The first-order valence-electron chi connectivity index (χ1n) is 10.7. The van der Waals surface area contributed by atoms with E-state index in [0.717, 1.165) is 22.0 Å². The van der Waals surface area contributed by atoms with E-state index in [1.54, 1.807) is 37.4 Å². The van der Waals surface area contributed by atoms with Crippen LogP contribution in [0.25, 0.3) is 10.9 Å². The van der Waals surface area contributed by atoms with E-state index in [4.69, 9.17) is 16.3 Å². The normalized spacial score (nSPS) is 16.0. The fourth-order valence-corrected chi connectivity index (χ4v) is 5.82. The predicted molar refractivity (Wildman–Crippen MR) is 134 cm³/mol. The summed E-state index contributed by atoms with van der Waals surface area (Å²) in [5.41, 5.74) is 3.91. The van der Waals surface area contributed by atoms with Gasteiger partial charge < -0.3 is 4.74 Å². The summed E-state index contributed by atoms with van der Waals surface area (Å²) in [5.74, 6) is 0.713. The standard InChI is InChI=1S/C26H22ClN3O3S/c1-17-8-9-19-15-22(26(27)28-23(19)14-17)25-16-24(18-10-12-20(33-2)13-11-18)29-30(25)34(31,32)21-6-4-3-5-7-21/h3-15,25H,16H2,1-2H3/t25-/m1/s1. The third-order valence-corrected chi connectivity index (χ3v) is 7.90. The quantitative estimate of drug-likeness (QED) is 0.333. The highest BCUT2D eigenvalue weighted by Crippen LogP contribution is 2.40. The van der Waals surface area contributed by atoms with Gasteiger partial charge in [0.05, 0.1) is 29.3 Å². The molecular weight excluding hydrogens is 470 g/mol. The molecule has 0 spiro atoms. The van der Waals surface area contributed by atoms with E-state index >= 15 is 0 Å². The first-order valence-corrected chi connectivity index (χ1v) is 12.6. The van der Waals surface area contributed by atoms with Gasteiger partial charge in [-0.25, -0.2) is 4.98 Å². The molecule has 0 N–H and O–H groups in total. The number of rotatable bonds is 5. The molecule has 0 unspecified atom stereocenters. The lowest BCUT2D eigenvalue weighted by molar-refractivity contribution is 0.371. The summed E-state index contributed by atoms with van der Waals surface area (Å²) in [7, 11) is -2.33. The van der Waals surface area contributed by atoms with Gasteiger partial charge in [0.1, 0.15) is 10.9 Å². The first kappa shape index (κ1) is 22.4. The summed E-state index contributed by atoms with van der Waals surface area (Å²) in [6.45, 7) is 1.99. The number of hydrazone groups is 1. The number of sulfonamides is 1. The largest absolute Gasteiger partial charge is 0.497 e. The number of aryl methyl sites for hydroxylation is 1. The maximum atomic E-state index is 13.7. The van der Waals surface area contributed by atoms with Gasteiger partial charge in [-0.15, -0.1) is 0 Å². The van der Waals surface area contributed by atoms with Gasteiger partial charge in [0, 0.05) is 17.4 Å². The van der Waals surface area contributed by atoms with Crippen LogP contribution in [0.5, 0.6) is 5.75 Å². The Morgan fingerprint density at radius 3 is 2.44 bits per heavy atom. The third kappa shape index (κ3) is 4.02. The van der Waals surface area contributed by atoms with Gasteiger partial charge >= 0.3 is 0 Å². The molecule has 1 atom stereocenters. The number of halogens is 1. The van der Waals surface area contributed by atoms with Gasteiger partial charge in [-0.2, -0.15) is 17.9 Å². The van der Waals surface area contributed by atoms with Crippen molar-refractivity contribution in [1.82, 2.24) is 9.40 Å². The molecule has 2 heterocycles. The number of hydrogen-bond acceptors (Lipinski definition) is 5. The van der Waals surface area contributed by atoms with Crippen LogP contribution >= 0.6 is 11.6 Å². The number of fused-ring (bicyclic) bond motifs is 1. The van der Waals surface area contributed by atoms with Crippen LogP contribution in [-0.4, -0.2) is 30.6 Å². The third-order valence-electron chi connectivity index (χ3n) is 5.90. The summed E-state index contributed by atoms with van der Waals surface area (Å²) in [6.07, 6.45) is 0.358. The second-order valence-electron chi connectivity index (χ2n) is 8.15. The lowest BCUT2D eigenvalue weighted by Gasteiger charge is -2.24. The second-order valence-corrected chi connectivity index (χ2v) is 10.3. The maximum absolute atomic E-state index is 13.7. The fraction of sp³-hybridized carbons (Fsp3) is 0.154. The molecule has 0 aliphatic carbocycles. The van der Waals surface area contributed by atoms with Crippen LogP contribution in [0.3, 0.4) is 0 Å². The number of pyridine rings is 1.